The highest BCUT2D eigenvalue weighted by molar-refractivity contribution is 5.30. The number of aryl methyl sites for hydroxylation is 1. The predicted octanol–water partition coefficient (Wildman–Crippen LogP) is 7.12. The van der Waals surface area contributed by atoms with Crippen molar-refractivity contribution in [3.8, 4) is 5.75 Å². The van der Waals surface area contributed by atoms with E-state index in [1.54, 1.807) is 0 Å². The highest BCUT2D eigenvalue weighted by Crippen LogP contribution is 2.45. The van der Waals surface area contributed by atoms with Gasteiger partial charge < -0.3 is 4.74 Å². The van der Waals surface area contributed by atoms with E-state index in [1.165, 1.54) is 38.7 Å². The summed E-state index contributed by atoms with van der Waals surface area (Å²) < 4.78 is 61.1. The Bertz CT molecular complexity index is 621. The topological polar surface area (TPSA) is 9.23 Å². The monoisotopic (exact) mass is 374 g/mol. The van der Waals surface area contributed by atoms with Crippen molar-refractivity contribution in [3.63, 3.8) is 0 Å². The van der Waals surface area contributed by atoms with Crippen LogP contribution in [0.1, 0.15) is 65.3 Å². The van der Waals surface area contributed by atoms with Gasteiger partial charge in [0.05, 0.1) is 5.92 Å². The van der Waals surface area contributed by atoms with Crippen LogP contribution in [0.3, 0.4) is 0 Å². The van der Waals surface area contributed by atoms with E-state index in [0.29, 0.717) is 24.7 Å². The largest absolute Gasteiger partial charge is 0.429 e. The Kier molecular flexibility index (Phi) is 5.83. The Morgan fingerprint density at radius 1 is 0.885 bits per heavy atom. The lowest BCUT2D eigenvalue weighted by Gasteiger charge is -2.38. The summed E-state index contributed by atoms with van der Waals surface area (Å²) in [6.45, 7) is 3.66. The Morgan fingerprint density at radius 3 is 2.00 bits per heavy atom. The first kappa shape index (κ1) is 19.5. The maximum absolute atomic E-state index is 14.5. The average Bonchev–Trinajstić information content (AvgIpc) is 2.63. The van der Waals surface area contributed by atoms with Crippen molar-refractivity contribution in [2.45, 2.75) is 71.3 Å². The number of ether oxygens (including phenoxy) is 1. The molecule has 2 aliphatic rings. The number of hydrogen-bond acceptors (Lipinski definition) is 1. The average molecular weight is 374 g/mol. The maximum atomic E-state index is 14.5. The number of halogens is 4. The first-order valence-corrected chi connectivity index (χ1v) is 9.79. The van der Waals surface area contributed by atoms with E-state index in [1.807, 2.05) is 0 Å². The summed E-state index contributed by atoms with van der Waals surface area (Å²) in [5.74, 6) is -2.16. The Hall–Kier alpha value is -1.26. The van der Waals surface area contributed by atoms with Crippen LogP contribution in [-0.4, -0.2) is 6.11 Å². The molecule has 3 rings (SSSR count). The summed E-state index contributed by atoms with van der Waals surface area (Å²) >= 11 is 0. The quantitative estimate of drug-likeness (QED) is 0.510. The van der Waals surface area contributed by atoms with Crippen LogP contribution in [0.2, 0.25) is 0 Å². The third-order valence-corrected chi connectivity index (χ3v) is 6.46. The molecule has 0 atom stereocenters. The summed E-state index contributed by atoms with van der Waals surface area (Å²) in [5.41, 5.74) is 0.0699. The predicted molar refractivity (Wildman–Crippen MR) is 95.4 cm³/mol. The second-order valence-corrected chi connectivity index (χ2v) is 8.30. The zero-order valence-corrected chi connectivity index (χ0v) is 15.5. The molecule has 0 bridgehead atoms. The van der Waals surface area contributed by atoms with Crippen molar-refractivity contribution in [2.75, 3.05) is 0 Å². The molecule has 0 aromatic heterocycles. The molecule has 0 aliphatic heterocycles. The lowest BCUT2D eigenvalue weighted by atomic mass is 9.69. The van der Waals surface area contributed by atoms with Gasteiger partial charge in [-0.05, 0) is 74.8 Å². The second kappa shape index (κ2) is 7.77. The molecule has 0 amide bonds. The first-order valence-electron chi connectivity index (χ1n) is 9.79. The van der Waals surface area contributed by atoms with E-state index >= 15 is 0 Å². The molecule has 26 heavy (non-hydrogen) atoms. The fourth-order valence-electron chi connectivity index (χ4n) is 4.62. The fourth-order valence-corrected chi connectivity index (χ4v) is 4.62. The van der Waals surface area contributed by atoms with Gasteiger partial charge in [-0.3, -0.25) is 0 Å². The van der Waals surface area contributed by atoms with Crippen LogP contribution >= 0.6 is 0 Å². The smallest absolute Gasteiger partial charge is 0.400 e. The third-order valence-electron chi connectivity index (χ3n) is 6.46. The number of benzene rings is 1. The van der Waals surface area contributed by atoms with E-state index < -0.39 is 29.4 Å². The minimum atomic E-state index is -3.48. The molecule has 0 radical (unpaired) electrons. The van der Waals surface area contributed by atoms with Crippen molar-refractivity contribution >= 4 is 0 Å². The molecule has 0 N–H and O–H groups in total. The van der Waals surface area contributed by atoms with Crippen LogP contribution < -0.4 is 4.74 Å². The van der Waals surface area contributed by atoms with Crippen molar-refractivity contribution in [1.29, 1.82) is 0 Å². The van der Waals surface area contributed by atoms with Gasteiger partial charge in [-0.15, -0.1) is 0 Å². The Labute approximate surface area is 154 Å². The molecule has 0 heterocycles. The van der Waals surface area contributed by atoms with Gasteiger partial charge in [-0.2, -0.15) is 13.2 Å². The van der Waals surface area contributed by atoms with Gasteiger partial charge in [0.25, 0.3) is 0 Å². The van der Waals surface area contributed by atoms with E-state index in [-0.39, 0.29) is 6.99 Å². The Balaban J connectivity index is 0.00000261. The van der Waals surface area contributed by atoms with E-state index in [4.69, 9.17) is 0 Å². The van der Waals surface area contributed by atoms with Gasteiger partial charge >= 0.3 is 6.11 Å². The normalized spacial score (nSPS) is 30.2. The summed E-state index contributed by atoms with van der Waals surface area (Å²) in [6.07, 6.45) is 3.70. The molecule has 5 heteroatoms. The van der Waals surface area contributed by atoms with Gasteiger partial charge in [-0.25, -0.2) is 4.39 Å². The molecule has 1 nitrogen and oxygen atoms in total. The van der Waals surface area contributed by atoms with Crippen LogP contribution in [-0.2, 0) is 0 Å². The van der Waals surface area contributed by atoms with Crippen LogP contribution in [0, 0.1) is 42.2 Å². The molecule has 2 saturated carbocycles. The SMILES string of the molecule is Cc1ccc(OC(F)(F)C2CCC(C3CCC(C)CC3)CC2)c(F)c1F.[HH]. The molecule has 148 valence electrons. The van der Waals surface area contributed by atoms with Crippen LogP contribution in [0.25, 0.3) is 0 Å². The lowest BCUT2D eigenvalue weighted by Crippen LogP contribution is -2.38. The summed E-state index contributed by atoms with van der Waals surface area (Å²) in [4.78, 5) is 0. The minimum absolute atomic E-state index is 0. The molecule has 0 spiro atoms. The summed E-state index contributed by atoms with van der Waals surface area (Å²) in [5, 5.41) is 0. The Morgan fingerprint density at radius 2 is 1.42 bits per heavy atom. The van der Waals surface area contributed by atoms with Crippen molar-refractivity contribution < 1.29 is 23.7 Å². The van der Waals surface area contributed by atoms with Crippen molar-refractivity contribution in [1.82, 2.24) is 0 Å². The van der Waals surface area contributed by atoms with Gasteiger partial charge in [0.1, 0.15) is 0 Å². The molecular weight excluding hydrogens is 344 g/mol. The van der Waals surface area contributed by atoms with E-state index in [2.05, 4.69) is 11.7 Å². The van der Waals surface area contributed by atoms with E-state index in [9.17, 15) is 17.6 Å². The molecule has 1 aromatic carbocycles. The van der Waals surface area contributed by atoms with Crippen LogP contribution in [0.15, 0.2) is 12.1 Å². The first-order chi connectivity index (χ1) is 12.3. The molecule has 0 unspecified atom stereocenters. The molecule has 1 aromatic rings. The van der Waals surface area contributed by atoms with Crippen molar-refractivity contribution in [3.05, 3.63) is 29.3 Å². The summed E-state index contributed by atoms with van der Waals surface area (Å²) in [7, 11) is 0. The second-order valence-electron chi connectivity index (χ2n) is 8.30. The molecule has 0 saturated heterocycles. The van der Waals surface area contributed by atoms with Gasteiger partial charge in [0.2, 0.25) is 5.82 Å². The van der Waals surface area contributed by atoms with Crippen molar-refractivity contribution in [2.24, 2.45) is 23.7 Å². The van der Waals surface area contributed by atoms with Crippen LogP contribution in [0.5, 0.6) is 5.75 Å². The molecular formula is C21H30F4O. The standard InChI is InChI=1S/C21H28F4O.H2/c1-13-3-6-15(7-4-13)16-8-10-17(11-9-16)21(24,25)26-18-12-5-14(2)19(22)20(18)23;/h5,12-13,15-17H,3-4,6-11H2,1-2H3;1H. The third kappa shape index (κ3) is 4.17. The number of alkyl halides is 2. The minimum Gasteiger partial charge on any atom is -0.429 e. The number of hydrogen-bond donors (Lipinski definition) is 0. The van der Waals surface area contributed by atoms with Gasteiger partial charge in [0, 0.05) is 1.43 Å². The summed E-state index contributed by atoms with van der Waals surface area (Å²) in [6, 6.07) is 2.33. The molecule has 2 fully saturated rings. The lowest BCUT2D eigenvalue weighted by molar-refractivity contribution is -0.225. The number of rotatable bonds is 4. The van der Waals surface area contributed by atoms with Crippen LogP contribution in [0.4, 0.5) is 17.6 Å². The van der Waals surface area contributed by atoms with E-state index in [0.717, 1.165) is 24.8 Å². The highest BCUT2D eigenvalue weighted by atomic mass is 19.3. The maximum Gasteiger partial charge on any atom is 0.400 e. The zero-order valence-electron chi connectivity index (χ0n) is 15.5. The van der Waals surface area contributed by atoms with Gasteiger partial charge in [0.15, 0.2) is 11.6 Å². The zero-order chi connectivity index (χ0) is 18.9. The molecule has 2 aliphatic carbocycles. The van der Waals surface area contributed by atoms with Gasteiger partial charge in [-0.1, -0.05) is 25.8 Å². The fraction of sp³-hybridized carbons (Fsp3) is 0.714. The highest BCUT2D eigenvalue weighted by Gasteiger charge is 2.45.